The Balaban J connectivity index is 2.05. The van der Waals surface area contributed by atoms with Gasteiger partial charge in [-0.3, -0.25) is 9.69 Å². The highest BCUT2D eigenvalue weighted by atomic mass is 79.9. The van der Waals surface area contributed by atoms with Crippen molar-refractivity contribution in [2.75, 3.05) is 20.3 Å². The predicted molar refractivity (Wildman–Crippen MR) is 108 cm³/mol. The van der Waals surface area contributed by atoms with Gasteiger partial charge in [0.05, 0.1) is 29.2 Å². The highest BCUT2D eigenvalue weighted by Gasteiger charge is 2.47. The minimum Gasteiger partial charge on any atom is -0.460 e. The van der Waals surface area contributed by atoms with Crippen molar-refractivity contribution in [1.82, 2.24) is 4.90 Å². The van der Waals surface area contributed by atoms with Crippen LogP contribution in [0.15, 0.2) is 45.0 Å². The van der Waals surface area contributed by atoms with Gasteiger partial charge in [-0.25, -0.2) is 9.79 Å². The van der Waals surface area contributed by atoms with Crippen LogP contribution < -0.4 is 0 Å². The Morgan fingerprint density at radius 1 is 1.37 bits per heavy atom. The van der Waals surface area contributed by atoms with E-state index < -0.39 is 12.0 Å². The molecule has 6 nitrogen and oxygen atoms in total. The standard InChI is InChI=1S/C19H21BrN2O4S/c1-4-14-17(23)22-16(12-6-5-7-13(20)10-12)15(11(2)21-19(22)27-14)18(24)26-9-8-25-3/h5-7,10,14,16H,4,8-9H2,1-3H3/t14-,16+/m0/s1. The van der Waals surface area contributed by atoms with E-state index in [-0.39, 0.29) is 17.8 Å². The van der Waals surface area contributed by atoms with Crippen molar-refractivity contribution >= 4 is 44.7 Å². The Hall–Kier alpha value is -1.64. The highest BCUT2D eigenvalue weighted by Crippen LogP contribution is 2.44. The molecular formula is C19H21BrN2O4S. The number of halogens is 1. The zero-order valence-electron chi connectivity index (χ0n) is 15.4. The molecule has 2 atom stereocenters. The summed E-state index contributed by atoms with van der Waals surface area (Å²) in [5.41, 5.74) is 1.80. The molecule has 0 aliphatic carbocycles. The van der Waals surface area contributed by atoms with E-state index in [0.717, 1.165) is 10.0 Å². The van der Waals surface area contributed by atoms with Gasteiger partial charge in [-0.15, -0.1) is 0 Å². The van der Waals surface area contributed by atoms with E-state index in [2.05, 4.69) is 20.9 Å². The summed E-state index contributed by atoms with van der Waals surface area (Å²) in [6, 6.07) is 7.07. The molecule has 3 rings (SSSR count). The molecule has 0 N–H and O–H groups in total. The van der Waals surface area contributed by atoms with E-state index in [1.165, 1.54) is 11.8 Å². The average molecular weight is 453 g/mol. The van der Waals surface area contributed by atoms with Crippen molar-refractivity contribution in [3.63, 3.8) is 0 Å². The first-order chi connectivity index (χ1) is 13.0. The fraction of sp³-hybridized carbons (Fsp3) is 0.421. The van der Waals surface area contributed by atoms with Crippen molar-refractivity contribution in [1.29, 1.82) is 0 Å². The molecule has 0 aromatic heterocycles. The third kappa shape index (κ3) is 3.97. The predicted octanol–water partition coefficient (Wildman–Crippen LogP) is 3.68. The topological polar surface area (TPSA) is 68.2 Å². The van der Waals surface area contributed by atoms with Crippen LogP contribution in [0.4, 0.5) is 0 Å². The number of benzene rings is 1. The molecule has 0 unspecified atom stereocenters. The van der Waals surface area contributed by atoms with Crippen LogP contribution in [0.3, 0.4) is 0 Å². The Kier molecular flexibility index (Phi) is 6.39. The fourth-order valence-corrected chi connectivity index (χ4v) is 4.69. The molecule has 8 heteroatoms. The number of hydrogen-bond acceptors (Lipinski definition) is 6. The maximum atomic E-state index is 13.0. The smallest absolute Gasteiger partial charge is 0.338 e. The normalized spacial score (nSPS) is 22.0. The number of carbonyl (C=O) groups is 2. The summed E-state index contributed by atoms with van der Waals surface area (Å²) < 4.78 is 11.2. The maximum absolute atomic E-state index is 13.0. The molecule has 0 saturated carbocycles. The van der Waals surface area contributed by atoms with Crippen molar-refractivity contribution in [2.24, 2.45) is 4.99 Å². The maximum Gasteiger partial charge on any atom is 0.338 e. The molecule has 1 saturated heterocycles. The van der Waals surface area contributed by atoms with E-state index in [0.29, 0.717) is 29.5 Å². The molecule has 0 bridgehead atoms. The SMILES string of the molecule is CC[C@@H]1SC2=NC(C)=C(C(=O)OCCOC)[C@@H](c3cccc(Br)c3)N2C1=O. The van der Waals surface area contributed by atoms with Gasteiger partial charge in [-0.2, -0.15) is 0 Å². The summed E-state index contributed by atoms with van der Waals surface area (Å²) >= 11 is 4.93. The van der Waals surface area contributed by atoms with Gasteiger partial charge in [-0.1, -0.05) is 46.7 Å². The summed E-state index contributed by atoms with van der Waals surface area (Å²) in [7, 11) is 1.55. The van der Waals surface area contributed by atoms with E-state index in [1.54, 1.807) is 18.9 Å². The van der Waals surface area contributed by atoms with Crippen LogP contribution in [0.25, 0.3) is 0 Å². The number of ether oxygens (including phenoxy) is 2. The van der Waals surface area contributed by atoms with Gasteiger partial charge in [0.2, 0.25) is 5.91 Å². The second-order valence-corrected chi connectivity index (χ2v) is 8.29. The van der Waals surface area contributed by atoms with Crippen molar-refractivity contribution in [3.8, 4) is 0 Å². The molecular weight excluding hydrogens is 432 g/mol. The summed E-state index contributed by atoms with van der Waals surface area (Å²) in [6.07, 6.45) is 0.705. The lowest BCUT2D eigenvalue weighted by Crippen LogP contribution is -2.40. The molecule has 2 aliphatic heterocycles. The number of hydrogen-bond donors (Lipinski definition) is 0. The number of carbonyl (C=O) groups excluding carboxylic acids is 2. The first-order valence-corrected chi connectivity index (χ1v) is 10.4. The van der Waals surface area contributed by atoms with Gasteiger partial charge >= 0.3 is 5.97 Å². The number of aliphatic imine (C=N–C) groups is 1. The van der Waals surface area contributed by atoms with Crippen molar-refractivity contribution < 1.29 is 19.1 Å². The van der Waals surface area contributed by atoms with Gasteiger partial charge in [0.25, 0.3) is 0 Å². The summed E-state index contributed by atoms with van der Waals surface area (Å²) in [5.74, 6) is -0.504. The lowest BCUT2D eigenvalue weighted by molar-refractivity contribution is -0.141. The number of allylic oxidation sites excluding steroid dienone is 1. The van der Waals surface area contributed by atoms with E-state index in [4.69, 9.17) is 9.47 Å². The Labute approximate surface area is 171 Å². The third-order valence-electron chi connectivity index (χ3n) is 4.43. The van der Waals surface area contributed by atoms with Gasteiger partial charge in [0, 0.05) is 11.6 Å². The number of methoxy groups -OCH3 is 1. The number of thioether (sulfide) groups is 1. The molecule has 2 heterocycles. The zero-order valence-corrected chi connectivity index (χ0v) is 17.8. The molecule has 1 aromatic rings. The minimum atomic E-state index is -0.554. The van der Waals surface area contributed by atoms with Crippen molar-refractivity contribution in [3.05, 3.63) is 45.6 Å². The molecule has 1 aromatic carbocycles. The lowest BCUT2D eigenvalue weighted by Gasteiger charge is -2.33. The number of amides is 1. The number of fused-ring (bicyclic) bond motifs is 1. The number of esters is 1. The van der Waals surface area contributed by atoms with E-state index in [9.17, 15) is 9.59 Å². The van der Waals surface area contributed by atoms with Gasteiger partial charge in [0.1, 0.15) is 6.61 Å². The highest BCUT2D eigenvalue weighted by molar-refractivity contribution is 9.10. The molecule has 27 heavy (non-hydrogen) atoms. The van der Waals surface area contributed by atoms with Gasteiger partial charge < -0.3 is 9.47 Å². The first-order valence-electron chi connectivity index (χ1n) is 8.68. The minimum absolute atomic E-state index is 0.0269. The van der Waals surface area contributed by atoms with Gasteiger partial charge in [0.15, 0.2) is 5.17 Å². The van der Waals surface area contributed by atoms with Crippen LogP contribution in [-0.4, -0.2) is 47.5 Å². The fourth-order valence-electron chi connectivity index (χ4n) is 3.14. The van der Waals surface area contributed by atoms with Crippen LogP contribution in [-0.2, 0) is 19.1 Å². The Bertz CT molecular complexity index is 824. The Morgan fingerprint density at radius 3 is 2.81 bits per heavy atom. The van der Waals surface area contributed by atoms with Crippen LogP contribution in [0.5, 0.6) is 0 Å². The van der Waals surface area contributed by atoms with Crippen LogP contribution >= 0.6 is 27.7 Å². The van der Waals surface area contributed by atoms with Crippen LogP contribution in [0.2, 0.25) is 0 Å². The lowest BCUT2D eigenvalue weighted by atomic mass is 9.94. The largest absolute Gasteiger partial charge is 0.460 e. The van der Waals surface area contributed by atoms with Gasteiger partial charge in [-0.05, 0) is 31.0 Å². The number of rotatable bonds is 6. The summed E-state index contributed by atoms with van der Waals surface area (Å²) in [5, 5.41) is 0.456. The Morgan fingerprint density at radius 2 is 2.15 bits per heavy atom. The molecule has 144 valence electrons. The van der Waals surface area contributed by atoms with Crippen molar-refractivity contribution in [2.45, 2.75) is 31.6 Å². The summed E-state index contributed by atoms with van der Waals surface area (Å²) in [4.78, 5) is 32.0. The quantitative estimate of drug-likeness (QED) is 0.486. The third-order valence-corrected chi connectivity index (χ3v) is 6.24. The zero-order chi connectivity index (χ0) is 19.6. The molecule has 0 spiro atoms. The van der Waals surface area contributed by atoms with E-state index >= 15 is 0 Å². The molecule has 0 radical (unpaired) electrons. The monoisotopic (exact) mass is 452 g/mol. The van der Waals surface area contributed by atoms with Crippen LogP contribution in [0, 0.1) is 0 Å². The first kappa shape index (κ1) is 20.1. The number of nitrogens with zero attached hydrogens (tertiary/aromatic N) is 2. The van der Waals surface area contributed by atoms with Crippen LogP contribution in [0.1, 0.15) is 31.9 Å². The number of amidine groups is 1. The molecule has 1 amide bonds. The molecule has 1 fully saturated rings. The second kappa shape index (κ2) is 8.58. The van der Waals surface area contributed by atoms with E-state index in [1.807, 2.05) is 31.2 Å². The second-order valence-electron chi connectivity index (χ2n) is 6.20. The molecule has 2 aliphatic rings. The summed E-state index contributed by atoms with van der Waals surface area (Å²) in [6.45, 7) is 4.22. The average Bonchev–Trinajstić information content (AvgIpc) is 2.96.